The van der Waals surface area contributed by atoms with Crippen molar-refractivity contribution in [2.75, 3.05) is 5.32 Å². The number of aromatic nitrogens is 4. The molecule has 0 unspecified atom stereocenters. The molecule has 0 aliphatic carbocycles. The van der Waals surface area contributed by atoms with E-state index in [1.807, 2.05) is 40.7 Å². The summed E-state index contributed by atoms with van der Waals surface area (Å²) in [5.41, 5.74) is 4.13. The number of hydrogen-bond acceptors (Lipinski definition) is 4. The van der Waals surface area contributed by atoms with Crippen LogP contribution >= 0.6 is 11.6 Å². The zero-order valence-electron chi connectivity index (χ0n) is 16.6. The third-order valence-corrected chi connectivity index (χ3v) is 5.24. The molecule has 2 aromatic heterocycles. The zero-order valence-corrected chi connectivity index (χ0v) is 17.4. The van der Waals surface area contributed by atoms with Crippen LogP contribution in [0.1, 0.15) is 52.8 Å². The first-order valence-corrected chi connectivity index (χ1v) is 9.43. The van der Waals surface area contributed by atoms with Crippen LogP contribution in [-0.2, 0) is 6.67 Å². The van der Waals surface area contributed by atoms with Gasteiger partial charge in [0.1, 0.15) is 12.4 Å². The average molecular weight is 402 g/mol. The second-order valence-corrected chi connectivity index (χ2v) is 7.58. The number of rotatable bonds is 5. The molecule has 1 amide bonds. The standard InChI is InChI=1S/C20H24ClN5O2/c1-11(2)15-9-17(12(3)8-18(15)27)22-20(28)16-6-7-25(24-16)10-26-14(5)19(21)13(4)23-26/h6-9,11,27H,10H2,1-5H3,(H,22,28). The normalized spacial score (nSPS) is 11.2. The van der Waals surface area contributed by atoms with Crippen molar-refractivity contribution in [3.05, 3.63) is 57.6 Å². The SMILES string of the molecule is Cc1cc(O)c(C(C)C)cc1NC(=O)c1ccn(Cn2nc(C)c(Cl)c2C)n1. The van der Waals surface area contributed by atoms with Crippen molar-refractivity contribution in [2.24, 2.45) is 0 Å². The smallest absolute Gasteiger partial charge is 0.276 e. The topological polar surface area (TPSA) is 85.0 Å². The Morgan fingerprint density at radius 3 is 2.57 bits per heavy atom. The number of carbonyl (C=O) groups excluding carboxylic acids is 1. The molecule has 0 fully saturated rings. The molecule has 0 aliphatic rings. The number of amides is 1. The van der Waals surface area contributed by atoms with E-state index < -0.39 is 0 Å². The van der Waals surface area contributed by atoms with Gasteiger partial charge < -0.3 is 10.4 Å². The largest absolute Gasteiger partial charge is 0.508 e. The van der Waals surface area contributed by atoms with Crippen LogP contribution in [0.4, 0.5) is 5.69 Å². The van der Waals surface area contributed by atoms with Gasteiger partial charge in [-0.2, -0.15) is 10.2 Å². The third kappa shape index (κ3) is 3.89. The van der Waals surface area contributed by atoms with E-state index in [0.717, 1.165) is 22.5 Å². The highest BCUT2D eigenvalue weighted by atomic mass is 35.5. The molecule has 28 heavy (non-hydrogen) atoms. The minimum Gasteiger partial charge on any atom is -0.508 e. The summed E-state index contributed by atoms with van der Waals surface area (Å²) in [6.07, 6.45) is 1.72. The van der Waals surface area contributed by atoms with Gasteiger partial charge in [-0.1, -0.05) is 25.4 Å². The number of benzene rings is 1. The highest BCUT2D eigenvalue weighted by molar-refractivity contribution is 6.31. The Morgan fingerprint density at radius 1 is 1.25 bits per heavy atom. The van der Waals surface area contributed by atoms with Gasteiger partial charge in [-0.15, -0.1) is 0 Å². The lowest BCUT2D eigenvalue weighted by molar-refractivity contribution is 0.102. The van der Waals surface area contributed by atoms with Gasteiger partial charge in [-0.05, 0) is 56.0 Å². The van der Waals surface area contributed by atoms with Crippen molar-refractivity contribution in [3.8, 4) is 5.75 Å². The number of phenols is 1. The van der Waals surface area contributed by atoms with Crippen LogP contribution in [0.25, 0.3) is 0 Å². The summed E-state index contributed by atoms with van der Waals surface area (Å²) in [5.74, 6) is 0.0648. The van der Waals surface area contributed by atoms with Crippen LogP contribution in [0.3, 0.4) is 0 Å². The van der Waals surface area contributed by atoms with E-state index in [9.17, 15) is 9.90 Å². The van der Waals surface area contributed by atoms with Gasteiger partial charge in [0.15, 0.2) is 5.69 Å². The number of anilines is 1. The molecule has 1 aromatic carbocycles. The van der Waals surface area contributed by atoms with Gasteiger partial charge in [0.2, 0.25) is 0 Å². The van der Waals surface area contributed by atoms with E-state index in [4.69, 9.17) is 11.6 Å². The van der Waals surface area contributed by atoms with Crippen molar-refractivity contribution >= 4 is 23.2 Å². The summed E-state index contributed by atoms with van der Waals surface area (Å²) in [4.78, 5) is 12.6. The van der Waals surface area contributed by atoms with Gasteiger partial charge in [0.25, 0.3) is 5.91 Å². The van der Waals surface area contributed by atoms with Crippen LogP contribution < -0.4 is 5.32 Å². The van der Waals surface area contributed by atoms with Gasteiger partial charge in [-0.25, -0.2) is 4.68 Å². The van der Waals surface area contributed by atoms with Crippen molar-refractivity contribution in [1.82, 2.24) is 19.6 Å². The van der Waals surface area contributed by atoms with Crippen LogP contribution in [-0.4, -0.2) is 30.6 Å². The predicted octanol–water partition coefficient (Wildman–Crippen LogP) is 4.25. The predicted molar refractivity (Wildman–Crippen MR) is 109 cm³/mol. The van der Waals surface area contributed by atoms with Crippen LogP contribution in [0.2, 0.25) is 5.02 Å². The fourth-order valence-corrected chi connectivity index (χ4v) is 3.14. The summed E-state index contributed by atoms with van der Waals surface area (Å²) in [5, 5.41) is 22.3. The number of carbonyl (C=O) groups is 1. The first-order chi connectivity index (χ1) is 13.2. The van der Waals surface area contributed by atoms with Crippen LogP contribution in [0.15, 0.2) is 24.4 Å². The molecule has 3 aromatic rings. The highest BCUT2D eigenvalue weighted by Gasteiger charge is 2.15. The van der Waals surface area contributed by atoms with E-state index >= 15 is 0 Å². The second kappa shape index (κ2) is 7.67. The second-order valence-electron chi connectivity index (χ2n) is 7.20. The average Bonchev–Trinajstić information content (AvgIpc) is 3.18. The Kier molecular flexibility index (Phi) is 5.47. The highest BCUT2D eigenvalue weighted by Crippen LogP contribution is 2.31. The summed E-state index contributed by atoms with van der Waals surface area (Å²) in [7, 11) is 0. The molecule has 0 atom stereocenters. The molecule has 0 bridgehead atoms. The van der Waals surface area contributed by atoms with Crippen LogP contribution in [0.5, 0.6) is 5.75 Å². The molecule has 3 rings (SSSR count). The molecule has 2 heterocycles. The number of halogens is 1. The molecular weight excluding hydrogens is 378 g/mol. The van der Waals surface area contributed by atoms with Crippen molar-refractivity contribution in [3.63, 3.8) is 0 Å². The number of nitrogens with zero attached hydrogens (tertiary/aromatic N) is 4. The maximum Gasteiger partial charge on any atom is 0.276 e. The molecule has 0 radical (unpaired) electrons. The lowest BCUT2D eigenvalue weighted by Gasteiger charge is -2.14. The number of aryl methyl sites for hydroxylation is 2. The minimum absolute atomic E-state index is 0.142. The molecule has 7 nitrogen and oxygen atoms in total. The number of phenolic OH excluding ortho intramolecular Hbond substituents is 1. The van der Waals surface area contributed by atoms with E-state index in [0.29, 0.717) is 23.1 Å². The molecule has 0 saturated carbocycles. The number of aromatic hydroxyl groups is 1. The van der Waals surface area contributed by atoms with Gasteiger partial charge >= 0.3 is 0 Å². The Bertz CT molecular complexity index is 1040. The van der Waals surface area contributed by atoms with Gasteiger partial charge in [0.05, 0.1) is 16.4 Å². The maximum absolute atomic E-state index is 12.6. The molecule has 148 valence electrons. The van der Waals surface area contributed by atoms with Crippen molar-refractivity contribution < 1.29 is 9.90 Å². The molecular formula is C20H24ClN5O2. The Hall–Kier alpha value is -2.80. The van der Waals surface area contributed by atoms with E-state index in [2.05, 4.69) is 15.5 Å². The molecule has 0 aliphatic heterocycles. The maximum atomic E-state index is 12.6. The van der Waals surface area contributed by atoms with Crippen LogP contribution in [0, 0.1) is 20.8 Å². The Balaban J connectivity index is 1.78. The summed E-state index contributed by atoms with van der Waals surface area (Å²) in [6, 6.07) is 5.12. The summed E-state index contributed by atoms with van der Waals surface area (Å²) in [6.45, 7) is 9.91. The van der Waals surface area contributed by atoms with E-state index in [1.54, 1.807) is 27.7 Å². The molecule has 0 saturated heterocycles. The molecule has 8 heteroatoms. The summed E-state index contributed by atoms with van der Waals surface area (Å²) < 4.78 is 3.37. The fraction of sp³-hybridized carbons (Fsp3) is 0.350. The molecule has 2 N–H and O–H groups in total. The fourth-order valence-electron chi connectivity index (χ4n) is 3.00. The summed E-state index contributed by atoms with van der Waals surface area (Å²) >= 11 is 6.18. The monoisotopic (exact) mass is 401 g/mol. The minimum atomic E-state index is -0.311. The van der Waals surface area contributed by atoms with Crippen molar-refractivity contribution in [2.45, 2.75) is 47.2 Å². The van der Waals surface area contributed by atoms with E-state index in [-0.39, 0.29) is 17.6 Å². The van der Waals surface area contributed by atoms with Gasteiger partial charge in [0, 0.05) is 11.9 Å². The lowest BCUT2D eigenvalue weighted by atomic mass is 9.99. The third-order valence-electron chi connectivity index (χ3n) is 4.69. The zero-order chi connectivity index (χ0) is 20.6. The first-order valence-electron chi connectivity index (χ1n) is 9.05. The quantitative estimate of drug-likeness (QED) is 0.626. The Morgan fingerprint density at radius 2 is 1.96 bits per heavy atom. The van der Waals surface area contributed by atoms with Gasteiger partial charge in [-0.3, -0.25) is 9.48 Å². The number of nitrogens with one attached hydrogen (secondary N) is 1. The molecule has 0 spiro atoms. The number of hydrogen-bond donors (Lipinski definition) is 2. The van der Waals surface area contributed by atoms with E-state index in [1.165, 1.54) is 0 Å². The Labute approximate surface area is 168 Å². The lowest BCUT2D eigenvalue weighted by Crippen LogP contribution is -2.16. The van der Waals surface area contributed by atoms with Crippen molar-refractivity contribution in [1.29, 1.82) is 0 Å². The first kappa shape index (κ1) is 19.9.